The average Bonchev–Trinajstić information content (AvgIpc) is 3.13. The van der Waals surface area contributed by atoms with Crippen LogP contribution in [0.15, 0.2) is 58.5 Å². The Labute approximate surface area is 203 Å². The Morgan fingerprint density at radius 1 is 0.943 bits per heavy atom. The van der Waals surface area contributed by atoms with Crippen LogP contribution in [0.4, 0.5) is 13.2 Å². The number of carbonyl (C=O) groups excluding carboxylic acids is 2. The molecule has 3 rings (SSSR count). The zero-order valence-corrected chi connectivity index (χ0v) is 20.1. The van der Waals surface area contributed by atoms with Crippen molar-refractivity contribution in [2.24, 2.45) is 12.5 Å². The number of halogens is 3. The number of carbonyl (C=O) groups is 2. The van der Waals surface area contributed by atoms with Gasteiger partial charge in [0.2, 0.25) is 6.79 Å². The van der Waals surface area contributed by atoms with Gasteiger partial charge in [-0.1, -0.05) is 41.2 Å². The number of alkyl halides is 3. The zero-order chi connectivity index (χ0) is 25.8. The minimum atomic E-state index is -4.75. The van der Waals surface area contributed by atoms with Gasteiger partial charge < -0.3 is 14.2 Å². The molecule has 35 heavy (non-hydrogen) atoms. The molecule has 0 radical (unpaired) electrons. The summed E-state index contributed by atoms with van der Waals surface area (Å²) in [4.78, 5) is 25.1. The first-order chi connectivity index (χ1) is 16.3. The summed E-state index contributed by atoms with van der Waals surface area (Å²) < 4.78 is 52.1. The Morgan fingerprint density at radius 3 is 2.06 bits per heavy atom. The lowest BCUT2D eigenvalue weighted by atomic mass is 9.98. The Kier molecular flexibility index (Phi) is 7.73. The third-order valence-corrected chi connectivity index (χ3v) is 5.45. The molecule has 0 aliphatic rings. The van der Waals surface area contributed by atoms with E-state index in [0.29, 0.717) is 10.6 Å². The van der Waals surface area contributed by atoms with Crippen molar-refractivity contribution in [3.8, 4) is 16.9 Å². The Bertz CT molecular complexity index is 1190. The lowest BCUT2D eigenvalue weighted by Gasteiger charge is -2.16. The van der Waals surface area contributed by atoms with Gasteiger partial charge in [0.25, 0.3) is 0 Å². The second-order valence-corrected chi connectivity index (χ2v) is 9.36. The summed E-state index contributed by atoms with van der Waals surface area (Å²) in [6.07, 6.45) is -4.75. The number of hydrogen-bond acceptors (Lipinski definition) is 8. The summed E-state index contributed by atoms with van der Waals surface area (Å²) >= 11 is 1.17. The Morgan fingerprint density at radius 2 is 1.51 bits per heavy atom. The maximum absolute atomic E-state index is 12.5. The summed E-state index contributed by atoms with van der Waals surface area (Å²) in [7, 11) is 1.53. The van der Waals surface area contributed by atoms with Crippen molar-refractivity contribution in [3.63, 3.8) is 0 Å². The maximum atomic E-state index is 12.5. The normalized spacial score (nSPS) is 11.7. The van der Waals surface area contributed by atoms with Gasteiger partial charge in [-0.05, 0) is 56.2 Å². The van der Waals surface area contributed by atoms with E-state index < -0.39 is 30.5 Å². The molecule has 0 spiro atoms. The van der Waals surface area contributed by atoms with Crippen LogP contribution in [0.2, 0.25) is 0 Å². The number of esters is 2. The van der Waals surface area contributed by atoms with Crippen molar-refractivity contribution in [2.75, 3.05) is 6.79 Å². The third-order valence-electron chi connectivity index (χ3n) is 4.47. The van der Waals surface area contributed by atoms with Crippen LogP contribution in [0.5, 0.6) is 5.75 Å². The van der Waals surface area contributed by atoms with Gasteiger partial charge in [-0.3, -0.25) is 4.79 Å². The smallest absolute Gasteiger partial charge is 0.427 e. The molecule has 3 aromatic rings. The second-order valence-electron chi connectivity index (χ2n) is 8.30. The van der Waals surface area contributed by atoms with Crippen LogP contribution in [0.1, 0.15) is 31.3 Å². The van der Waals surface area contributed by atoms with Gasteiger partial charge in [-0.2, -0.15) is 0 Å². The number of nitrogens with zero attached hydrogens (tertiary/aromatic N) is 3. The monoisotopic (exact) mass is 509 g/mol. The van der Waals surface area contributed by atoms with Gasteiger partial charge in [0.15, 0.2) is 10.7 Å². The quantitative estimate of drug-likeness (QED) is 0.316. The molecule has 1 heterocycles. The highest BCUT2D eigenvalue weighted by atomic mass is 32.2. The minimum Gasteiger partial charge on any atom is -0.427 e. The van der Waals surface area contributed by atoms with E-state index in [2.05, 4.69) is 15.0 Å². The second kappa shape index (κ2) is 10.4. The van der Waals surface area contributed by atoms with E-state index >= 15 is 0 Å². The van der Waals surface area contributed by atoms with Crippen LogP contribution >= 0.6 is 11.8 Å². The first-order valence-corrected chi connectivity index (χ1v) is 11.0. The van der Waals surface area contributed by atoms with Crippen molar-refractivity contribution in [1.29, 1.82) is 0 Å². The molecule has 1 aromatic heterocycles. The van der Waals surface area contributed by atoms with Crippen molar-refractivity contribution in [2.45, 2.75) is 37.1 Å². The maximum Gasteiger partial charge on any atom is 0.573 e. The lowest BCUT2D eigenvalue weighted by molar-refractivity contribution is -0.274. The van der Waals surface area contributed by atoms with Gasteiger partial charge >= 0.3 is 18.3 Å². The number of aryl methyl sites for hydroxylation is 1. The van der Waals surface area contributed by atoms with Crippen LogP contribution < -0.4 is 4.74 Å². The zero-order valence-electron chi connectivity index (χ0n) is 19.3. The van der Waals surface area contributed by atoms with E-state index in [-0.39, 0.29) is 11.4 Å². The molecular weight excluding hydrogens is 487 g/mol. The van der Waals surface area contributed by atoms with Crippen LogP contribution in [0.3, 0.4) is 0 Å². The van der Waals surface area contributed by atoms with Gasteiger partial charge in [-0.25, -0.2) is 9.48 Å². The van der Waals surface area contributed by atoms with E-state index in [1.807, 2.05) is 0 Å². The number of ether oxygens (including phenoxy) is 3. The Hall–Kier alpha value is -3.54. The highest BCUT2D eigenvalue weighted by molar-refractivity contribution is 7.99. The van der Waals surface area contributed by atoms with Gasteiger partial charge in [0.1, 0.15) is 5.75 Å². The Balaban J connectivity index is 1.65. The first-order valence-electron chi connectivity index (χ1n) is 10.2. The summed E-state index contributed by atoms with van der Waals surface area (Å²) in [5.74, 6) is -1.56. The predicted molar refractivity (Wildman–Crippen MR) is 120 cm³/mol. The molecule has 8 nitrogen and oxygen atoms in total. The minimum absolute atomic E-state index is 0.0890. The van der Waals surface area contributed by atoms with E-state index in [1.165, 1.54) is 47.8 Å². The average molecular weight is 510 g/mol. The molecule has 186 valence electrons. The predicted octanol–water partition coefficient (Wildman–Crippen LogP) is 5.24. The summed E-state index contributed by atoms with van der Waals surface area (Å²) in [6.45, 7) is 4.50. The summed E-state index contributed by atoms with van der Waals surface area (Å²) in [5.41, 5.74) is 0.829. The summed E-state index contributed by atoms with van der Waals surface area (Å²) in [6, 6.07) is 12.6. The first kappa shape index (κ1) is 26.1. The number of rotatable bonds is 7. The molecule has 0 bridgehead atoms. The molecule has 0 fully saturated rings. The van der Waals surface area contributed by atoms with Crippen molar-refractivity contribution in [3.05, 3.63) is 54.2 Å². The lowest BCUT2D eigenvalue weighted by Crippen LogP contribution is -2.25. The molecule has 12 heteroatoms. The van der Waals surface area contributed by atoms with Crippen LogP contribution in [0.25, 0.3) is 11.1 Å². The standard InChI is InChI=1S/C23H22F3N3O5S/c1-22(2,3)21(31)33-13-32-20(30)18-19(27-28-29(18)4)35-17-11-7-15(8-12-17)14-5-9-16(10-6-14)34-23(24,25)26/h5-12H,13H2,1-4H3. The molecule has 0 atom stereocenters. The van der Waals surface area contributed by atoms with Crippen molar-refractivity contribution >= 4 is 23.7 Å². The van der Waals surface area contributed by atoms with E-state index in [1.54, 1.807) is 45.0 Å². The molecule has 0 aliphatic carbocycles. The van der Waals surface area contributed by atoms with Gasteiger partial charge in [-0.15, -0.1) is 18.3 Å². The highest BCUT2D eigenvalue weighted by Crippen LogP contribution is 2.32. The number of hydrogen-bond donors (Lipinski definition) is 0. The molecule has 0 saturated heterocycles. The molecule has 0 N–H and O–H groups in total. The van der Waals surface area contributed by atoms with E-state index in [0.717, 1.165) is 10.5 Å². The molecule has 0 aliphatic heterocycles. The molecule has 0 unspecified atom stereocenters. The topological polar surface area (TPSA) is 92.5 Å². The molecule has 2 aromatic carbocycles. The van der Waals surface area contributed by atoms with Crippen LogP contribution in [-0.2, 0) is 21.3 Å². The third kappa shape index (κ3) is 7.22. The fourth-order valence-electron chi connectivity index (χ4n) is 2.72. The molecular formula is C23H22F3N3O5S. The van der Waals surface area contributed by atoms with Crippen molar-refractivity contribution in [1.82, 2.24) is 15.0 Å². The van der Waals surface area contributed by atoms with E-state index in [4.69, 9.17) is 9.47 Å². The SMILES string of the molecule is Cn1nnc(Sc2ccc(-c3ccc(OC(F)(F)F)cc3)cc2)c1C(=O)OCOC(=O)C(C)(C)C. The number of aromatic nitrogens is 3. The van der Waals surface area contributed by atoms with Crippen LogP contribution in [0, 0.1) is 5.41 Å². The fourth-order valence-corrected chi connectivity index (χ4v) is 3.61. The van der Waals surface area contributed by atoms with Gasteiger partial charge in [0.05, 0.1) is 5.41 Å². The largest absolute Gasteiger partial charge is 0.573 e. The number of benzene rings is 2. The van der Waals surface area contributed by atoms with Gasteiger partial charge in [0, 0.05) is 11.9 Å². The molecule has 0 saturated carbocycles. The summed E-state index contributed by atoms with van der Waals surface area (Å²) in [5, 5.41) is 8.15. The molecule has 0 amide bonds. The van der Waals surface area contributed by atoms with Crippen molar-refractivity contribution < 1.29 is 37.0 Å². The van der Waals surface area contributed by atoms with Crippen LogP contribution in [-0.4, -0.2) is 40.1 Å². The fraction of sp³-hybridized carbons (Fsp3) is 0.304. The van der Waals surface area contributed by atoms with E-state index in [9.17, 15) is 22.8 Å². The highest BCUT2D eigenvalue weighted by Gasteiger charge is 2.31.